The number of fused-ring (bicyclic) bond motifs is 2. The lowest BCUT2D eigenvalue weighted by Gasteiger charge is -2.27. The second-order valence-corrected chi connectivity index (χ2v) is 9.85. The molecule has 0 aliphatic heterocycles. The van der Waals surface area contributed by atoms with Gasteiger partial charge >= 0.3 is 0 Å². The first-order chi connectivity index (χ1) is 17.0. The molecule has 5 rings (SSSR count). The van der Waals surface area contributed by atoms with E-state index in [0.717, 1.165) is 67.8 Å². The highest BCUT2D eigenvalue weighted by Crippen LogP contribution is 2.38. The molecule has 0 amide bonds. The molecule has 0 atom stereocenters. The van der Waals surface area contributed by atoms with Crippen molar-refractivity contribution in [3.8, 4) is 16.9 Å². The van der Waals surface area contributed by atoms with Crippen molar-refractivity contribution in [2.24, 2.45) is 0 Å². The van der Waals surface area contributed by atoms with Crippen LogP contribution in [0.15, 0.2) is 42.5 Å². The Morgan fingerprint density at radius 3 is 2.54 bits per heavy atom. The van der Waals surface area contributed by atoms with E-state index < -0.39 is 0 Å². The van der Waals surface area contributed by atoms with Crippen molar-refractivity contribution in [2.75, 3.05) is 18.6 Å². The van der Waals surface area contributed by atoms with Crippen molar-refractivity contribution in [3.05, 3.63) is 76.1 Å². The average Bonchev–Trinajstić information content (AvgIpc) is 3.45. The predicted octanol–water partition coefficient (Wildman–Crippen LogP) is 6.63. The van der Waals surface area contributed by atoms with Crippen LogP contribution >= 0.6 is 0 Å². The molecule has 0 radical (unpaired) electrons. The Morgan fingerprint density at radius 2 is 1.83 bits per heavy atom. The van der Waals surface area contributed by atoms with Gasteiger partial charge in [-0.3, -0.25) is 0 Å². The number of aromatic nitrogens is 3. The summed E-state index contributed by atoms with van der Waals surface area (Å²) in [5.41, 5.74) is 10.7. The van der Waals surface area contributed by atoms with E-state index in [1.807, 2.05) is 6.07 Å². The molecule has 182 valence electrons. The van der Waals surface area contributed by atoms with Gasteiger partial charge in [-0.25, -0.2) is 4.98 Å². The van der Waals surface area contributed by atoms with Crippen LogP contribution in [-0.2, 0) is 19.4 Å². The monoisotopic (exact) mass is 468 g/mol. The van der Waals surface area contributed by atoms with Crippen LogP contribution in [0.1, 0.15) is 59.8 Å². The zero-order valence-corrected chi connectivity index (χ0v) is 21.7. The highest BCUT2D eigenvalue weighted by atomic mass is 16.5. The smallest absolute Gasteiger partial charge is 0.165 e. The van der Waals surface area contributed by atoms with Crippen molar-refractivity contribution in [3.63, 3.8) is 0 Å². The van der Waals surface area contributed by atoms with Crippen LogP contribution in [0, 0.1) is 20.8 Å². The van der Waals surface area contributed by atoms with Crippen molar-refractivity contribution >= 4 is 11.5 Å². The standard InChI is InChI=1S/C30H36N4O/c1-6-7-17-33(19-23-13-11-20(2)12-14-23)30-26-9-8-10-27(26)31-29-28(22(4)32-34(29)30)25-16-15-24(35-5)18-21(25)3/h11-16,18H,6-10,17,19H2,1-5H3. The van der Waals surface area contributed by atoms with Crippen molar-refractivity contribution < 1.29 is 4.74 Å². The molecule has 1 aliphatic carbocycles. The summed E-state index contributed by atoms with van der Waals surface area (Å²) in [7, 11) is 1.71. The van der Waals surface area contributed by atoms with E-state index in [1.54, 1.807) is 7.11 Å². The van der Waals surface area contributed by atoms with E-state index in [2.05, 4.69) is 73.5 Å². The zero-order chi connectivity index (χ0) is 24.5. The van der Waals surface area contributed by atoms with E-state index in [1.165, 1.54) is 39.3 Å². The fraction of sp³-hybridized carbons (Fsp3) is 0.400. The minimum Gasteiger partial charge on any atom is -0.497 e. The largest absolute Gasteiger partial charge is 0.497 e. The summed E-state index contributed by atoms with van der Waals surface area (Å²) in [6.45, 7) is 10.5. The summed E-state index contributed by atoms with van der Waals surface area (Å²) >= 11 is 0. The van der Waals surface area contributed by atoms with Crippen molar-refractivity contribution in [1.82, 2.24) is 14.6 Å². The summed E-state index contributed by atoms with van der Waals surface area (Å²) < 4.78 is 7.60. The van der Waals surface area contributed by atoms with Crippen LogP contribution in [0.2, 0.25) is 0 Å². The molecule has 2 aromatic heterocycles. The van der Waals surface area contributed by atoms with Gasteiger partial charge in [0.15, 0.2) is 5.65 Å². The van der Waals surface area contributed by atoms with E-state index in [-0.39, 0.29) is 0 Å². The van der Waals surface area contributed by atoms with Gasteiger partial charge in [-0.1, -0.05) is 49.2 Å². The SMILES string of the molecule is CCCCN(Cc1ccc(C)cc1)c1c2c(nc3c(-c4ccc(OC)cc4C)c(C)nn13)CCC2. The Labute approximate surface area is 208 Å². The number of nitrogens with zero attached hydrogens (tertiary/aromatic N) is 4. The van der Waals surface area contributed by atoms with E-state index in [9.17, 15) is 0 Å². The lowest BCUT2D eigenvalue weighted by Crippen LogP contribution is -2.28. The van der Waals surface area contributed by atoms with Gasteiger partial charge in [0.05, 0.1) is 12.8 Å². The molecule has 0 fully saturated rings. The van der Waals surface area contributed by atoms with Gasteiger partial charge < -0.3 is 9.64 Å². The number of benzene rings is 2. The van der Waals surface area contributed by atoms with Gasteiger partial charge in [0.25, 0.3) is 0 Å². The molecular weight excluding hydrogens is 432 g/mol. The third-order valence-electron chi connectivity index (χ3n) is 7.21. The second kappa shape index (κ2) is 9.73. The molecule has 1 aliphatic rings. The quantitative estimate of drug-likeness (QED) is 0.291. The normalized spacial score (nSPS) is 12.8. The Bertz CT molecular complexity index is 1350. The zero-order valence-electron chi connectivity index (χ0n) is 21.7. The molecule has 2 heterocycles. The van der Waals surface area contributed by atoms with Gasteiger partial charge in [-0.15, -0.1) is 0 Å². The van der Waals surface area contributed by atoms with E-state index in [0.29, 0.717) is 0 Å². The molecule has 0 saturated heterocycles. The maximum atomic E-state index is 5.45. The van der Waals surface area contributed by atoms with Crippen LogP contribution in [0.25, 0.3) is 16.8 Å². The first-order valence-corrected chi connectivity index (χ1v) is 12.9. The van der Waals surface area contributed by atoms with Crippen LogP contribution in [0.3, 0.4) is 0 Å². The molecule has 4 aromatic rings. The van der Waals surface area contributed by atoms with Crippen LogP contribution in [0.5, 0.6) is 5.75 Å². The van der Waals surface area contributed by atoms with Crippen LogP contribution < -0.4 is 9.64 Å². The average molecular weight is 469 g/mol. The predicted molar refractivity (Wildman–Crippen MR) is 144 cm³/mol. The topological polar surface area (TPSA) is 42.7 Å². The summed E-state index contributed by atoms with van der Waals surface area (Å²) in [6, 6.07) is 15.2. The molecule has 0 unspecified atom stereocenters. The summed E-state index contributed by atoms with van der Waals surface area (Å²) in [5, 5.41) is 5.12. The third kappa shape index (κ3) is 4.40. The number of rotatable bonds is 8. The Morgan fingerprint density at radius 1 is 1.03 bits per heavy atom. The number of hydrogen-bond acceptors (Lipinski definition) is 4. The Kier molecular flexibility index (Phi) is 6.50. The van der Waals surface area contributed by atoms with E-state index in [4.69, 9.17) is 14.8 Å². The Hall–Kier alpha value is -3.34. The first kappa shape index (κ1) is 23.4. The summed E-state index contributed by atoms with van der Waals surface area (Å²) in [6.07, 6.45) is 5.57. The number of unbranched alkanes of at least 4 members (excludes halogenated alkanes) is 1. The number of methoxy groups -OCH3 is 1. The molecule has 5 heteroatoms. The van der Waals surface area contributed by atoms with Gasteiger partial charge in [0.2, 0.25) is 0 Å². The highest BCUT2D eigenvalue weighted by molar-refractivity contribution is 5.83. The third-order valence-corrected chi connectivity index (χ3v) is 7.21. The number of anilines is 1. The molecule has 2 aromatic carbocycles. The van der Waals surface area contributed by atoms with Gasteiger partial charge in [-0.2, -0.15) is 9.61 Å². The molecule has 0 spiro atoms. The summed E-state index contributed by atoms with van der Waals surface area (Å²) in [4.78, 5) is 7.77. The van der Waals surface area contributed by atoms with Crippen molar-refractivity contribution in [1.29, 1.82) is 0 Å². The number of aryl methyl sites for hydroxylation is 4. The minimum absolute atomic E-state index is 0.874. The summed E-state index contributed by atoms with van der Waals surface area (Å²) in [5.74, 6) is 2.11. The molecular formula is C30H36N4O. The molecule has 35 heavy (non-hydrogen) atoms. The highest BCUT2D eigenvalue weighted by Gasteiger charge is 2.27. The Balaban J connectivity index is 1.69. The molecule has 5 nitrogen and oxygen atoms in total. The van der Waals surface area contributed by atoms with Gasteiger partial charge in [0.1, 0.15) is 11.6 Å². The maximum absolute atomic E-state index is 5.45. The molecule has 0 saturated carbocycles. The van der Waals surface area contributed by atoms with E-state index >= 15 is 0 Å². The first-order valence-electron chi connectivity index (χ1n) is 12.9. The lowest BCUT2D eigenvalue weighted by molar-refractivity contribution is 0.414. The molecule has 0 bridgehead atoms. The number of ether oxygens (including phenoxy) is 1. The van der Waals surface area contributed by atoms with Crippen molar-refractivity contribution in [2.45, 2.75) is 66.3 Å². The minimum atomic E-state index is 0.874. The maximum Gasteiger partial charge on any atom is 0.165 e. The second-order valence-electron chi connectivity index (χ2n) is 9.85. The van der Waals surface area contributed by atoms with Gasteiger partial charge in [0, 0.05) is 29.9 Å². The van der Waals surface area contributed by atoms with Crippen LogP contribution in [0.4, 0.5) is 5.82 Å². The molecule has 0 N–H and O–H groups in total. The fourth-order valence-electron chi connectivity index (χ4n) is 5.32. The number of hydrogen-bond donors (Lipinski definition) is 0. The fourth-order valence-corrected chi connectivity index (χ4v) is 5.32. The lowest BCUT2D eigenvalue weighted by atomic mass is 10.0. The van der Waals surface area contributed by atoms with Crippen LogP contribution in [-0.4, -0.2) is 28.3 Å². The van der Waals surface area contributed by atoms with Gasteiger partial charge in [-0.05, 0) is 75.3 Å².